The number of aromatic nitrogens is 2. The molecule has 1 aliphatic heterocycles. The minimum atomic E-state index is -0.121. The molecule has 2 atom stereocenters. The van der Waals surface area contributed by atoms with Crippen LogP contribution in [0.1, 0.15) is 40.3 Å². The molecule has 1 aliphatic rings. The van der Waals surface area contributed by atoms with Gasteiger partial charge in [0, 0.05) is 27.7 Å². The van der Waals surface area contributed by atoms with Crippen molar-refractivity contribution in [1.82, 2.24) is 14.9 Å². The molecular weight excluding hydrogens is 580 g/mol. The van der Waals surface area contributed by atoms with Gasteiger partial charge in [0.05, 0.1) is 23.5 Å². The molecule has 6 rings (SSSR count). The average molecular weight is 610 g/mol. The van der Waals surface area contributed by atoms with Crippen LogP contribution < -0.4 is 15.0 Å². The normalized spacial score (nSPS) is 16.7. The molecule has 7 heteroatoms. The smallest absolute Gasteiger partial charge is 0.174 e. The van der Waals surface area contributed by atoms with Gasteiger partial charge in [-0.1, -0.05) is 36.4 Å². The number of nitrogens with zero attached hydrogens (tertiary/aromatic N) is 3. The van der Waals surface area contributed by atoms with E-state index in [0.717, 1.165) is 50.0 Å². The van der Waals surface area contributed by atoms with Crippen LogP contribution in [0.15, 0.2) is 108 Å². The van der Waals surface area contributed by atoms with Gasteiger partial charge in [-0.05, 0) is 121 Å². The zero-order valence-electron chi connectivity index (χ0n) is 22.5. The summed E-state index contributed by atoms with van der Waals surface area (Å²) in [4.78, 5) is 6.92. The molecule has 1 fully saturated rings. The summed E-state index contributed by atoms with van der Waals surface area (Å²) < 4.78 is 9.52. The van der Waals surface area contributed by atoms with Crippen molar-refractivity contribution in [1.29, 1.82) is 0 Å². The minimum absolute atomic E-state index is 0.104. The van der Waals surface area contributed by atoms with Gasteiger partial charge in [-0.15, -0.1) is 0 Å². The Hall–Kier alpha value is -3.94. The molecule has 0 saturated carbocycles. The molecule has 0 aliphatic carbocycles. The molecule has 1 N–H and O–H groups in total. The van der Waals surface area contributed by atoms with Crippen molar-refractivity contribution in [3.05, 3.63) is 136 Å². The summed E-state index contributed by atoms with van der Waals surface area (Å²) in [6, 6.07) is 32.5. The number of nitrogens with one attached hydrogen (secondary N) is 1. The lowest BCUT2D eigenvalue weighted by Crippen LogP contribution is -2.29. The van der Waals surface area contributed by atoms with Gasteiger partial charge in [-0.2, -0.15) is 0 Å². The fraction of sp³-hybridized carbons (Fsp3) is 0.152. The fourth-order valence-electron chi connectivity index (χ4n) is 5.51. The predicted molar refractivity (Wildman–Crippen MR) is 169 cm³/mol. The lowest BCUT2D eigenvalue weighted by atomic mass is 9.96. The van der Waals surface area contributed by atoms with Crippen LogP contribution in [-0.4, -0.2) is 14.7 Å². The van der Waals surface area contributed by atoms with E-state index in [2.05, 4.69) is 87.0 Å². The molecule has 5 aromatic rings. The topological polar surface area (TPSA) is 42.3 Å². The highest BCUT2D eigenvalue weighted by atomic mass is 79.9. The fourth-order valence-corrected chi connectivity index (χ4v) is 6.32. The monoisotopic (exact) mass is 608 g/mol. The van der Waals surface area contributed by atoms with E-state index in [4.69, 9.17) is 21.9 Å². The minimum Gasteiger partial charge on any atom is -0.457 e. The first-order valence-corrected chi connectivity index (χ1v) is 14.4. The van der Waals surface area contributed by atoms with Crippen LogP contribution in [-0.2, 0) is 0 Å². The highest BCUT2D eigenvalue weighted by molar-refractivity contribution is 9.10. The number of hydrogen-bond acceptors (Lipinski definition) is 3. The van der Waals surface area contributed by atoms with E-state index in [1.54, 1.807) is 0 Å². The van der Waals surface area contributed by atoms with Crippen LogP contribution >= 0.6 is 28.1 Å². The number of benzene rings is 3. The van der Waals surface area contributed by atoms with Crippen molar-refractivity contribution in [2.24, 2.45) is 0 Å². The van der Waals surface area contributed by atoms with Crippen LogP contribution in [0.2, 0.25) is 0 Å². The summed E-state index contributed by atoms with van der Waals surface area (Å²) in [5.74, 6) is 1.63. The van der Waals surface area contributed by atoms with Crippen molar-refractivity contribution in [3.63, 3.8) is 0 Å². The van der Waals surface area contributed by atoms with E-state index in [0.29, 0.717) is 5.11 Å². The molecule has 0 amide bonds. The number of rotatable bonds is 6. The Labute approximate surface area is 248 Å². The number of thiocarbonyl (C=S) groups is 1. The van der Waals surface area contributed by atoms with Gasteiger partial charge in [0.25, 0.3) is 0 Å². The molecule has 0 bridgehead atoms. The number of hydrogen-bond donors (Lipinski definition) is 1. The van der Waals surface area contributed by atoms with Crippen molar-refractivity contribution in [3.8, 4) is 17.2 Å². The zero-order chi connectivity index (χ0) is 27.8. The molecule has 40 heavy (non-hydrogen) atoms. The first kappa shape index (κ1) is 26.3. The molecule has 0 spiro atoms. The quantitative estimate of drug-likeness (QED) is 0.196. The Balaban J connectivity index is 1.42. The summed E-state index contributed by atoms with van der Waals surface area (Å²) in [5.41, 5.74) is 7.64. The van der Waals surface area contributed by atoms with Crippen LogP contribution in [0.3, 0.4) is 0 Å². The summed E-state index contributed by atoms with van der Waals surface area (Å²) in [6.45, 7) is 6.37. The second-order valence-electron chi connectivity index (χ2n) is 9.97. The highest BCUT2D eigenvalue weighted by Gasteiger charge is 2.42. The van der Waals surface area contributed by atoms with E-state index in [-0.39, 0.29) is 12.1 Å². The third-order valence-electron chi connectivity index (χ3n) is 7.42. The van der Waals surface area contributed by atoms with E-state index in [1.165, 1.54) is 5.56 Å². The Morgan fingerprint density at radius 1 is 0.875 bits per heavy atom. The first-order chi connectivity index (χ1) is 19.4. The maximum absolute atomic E-state index is 6.17. The summed E-state index contributed by atoms with van der Waals surface area (Å²) in [7, 11) is 0. The number of ether oxygens (including phenoxy) is 1. The number of para-hydroxylation sites is 2. The molecule has 5 nitrogen and oxygen atoms in total. The maximum Gasteiger partial charge on any atom is 0.174 e. The van der Waals surface area contributed by atoms with Gasteiger partial charge in [-0.3, -0.25) is 4.98 Å². The van der Waals surface area contributed by atoms with Crippen LogP contribution in [0, 0.1) is 20.8 Å². The molecule has 0 unspecified atom stereocenters. The average Bonchev–Trinajstić information content (AvgIpc) is 3.46. The van der Waals surface area contributed by atoms with Gasteiger partial charge in [0.1, 0.15) is 11.5 Å². The van der Waals surface area contributed by atoms with E-state index >= 15 is 0 Å². The van der Waals surface area contributed by atoms with Gasteiger partial charge >= 0.3 is 0 Å². The largest absolute Gasteiger partial charge is 0.457 e. The number of aryl methyl sites for hydroxylation is 2. The number of pyridine rings is 1. The third kappa shape index (κ3) is 4.80. The molecule has 3 heterocycles. The van der Waals surface area contributed by atoms with Crippen molar-refractivity contribution in [2.75, 3.05) is 4.90 Å². The van der Waals surface area contributed by atoms with E-state index in [1.807, 2.05) is 67.7 Å². The molecule has 3 aromatic carbocycles. The highest BCUT2D eigenvalue weighted by Crippen LogP contribution is 2.44. The van der Waals surface area contributed by atoms with Crippen molar-refractivity contribution in [2.45, 2.75) is 32.9 Å². The van der Waals surface area contributed by atoms with Gasteiger partial charge in [-0.25, -0.2) is 0 Å². The lowest BCUT2D eigenvalue weighted by molar-refractivity contribution is 0.479. The van der Waals surface area contributed by atoms with Gasteiger partial charge in [0.2, 0.25) is 0 Å². The van der Waals surface area contributed by atoms with Crippen LogP contribution in [0.4, 0.5) is 5.69 Å². The molecule has 1 saturated heterocycles. The third-order valence-corrected chi connectivity index (χ3v) is 8.40. The summed E-state index contributed by atoms with van der Waals surface area (Å²) in [6.07, 6.45) is 1.84. The Morgan fingerprint density at radius 2 is 1.60 bits per heavy atom. The SMILES string of the molecule is Cc1ccccc1Oc1ccc(N2C(=S)N[C@H](c3ccccn3)[C@@H]2c2cc(C)n(-c3ccccc3Br)c2C)cc1. The lowest BCUT2D eigenvalue weighted by Gasteiger charge is -2.28. The second kappa shape index (κ2) is 10.9. The molecule has 0 radical (unpaired) electrons. The van der Waals surface area contributed by atoms with Crippen LogP contribution in [0.5, 0.6) is 11.5 Å². The van der Waals surface area contributed by atoms with Crippen LogP contribution in [0.25, 0.3) is 5.69 Å². The van der Waals surface area contributed by atoms with Crippen molar-refractivity contribution >= 4 is 38.9 Å². The maximum atomic E-state index is 6.17. The molecule has 200 valence electrons. The Morgan fingerprint density at radius 3 is 2.33 bits per heavy atom. The predicted octanol–water partition coefficient (Wildman–Crippen LogP) is 8.53. The van der Waals surface area contributed by atoms with E-state index < -0.39 is 0 Å². The molecular formula is C33H29BrN4OS. The van der Waals surface area contributed by atoms with Crippen molar-refractivity contribution < 1.29 is 4.74 Å². The standard InChI is InChI=1S/C33H29BrN4OS/c1-21-10-4-7-14-30(21)39-25-17-15-24(16-18-25)38-32(31(36-33(38)40)28-12-8-9-19-35-28)26-20-22(2)37(23(26)3)29-13-6-5-11-27(29)34/h4-20,31-32H,1-3H3,(H,36,40)/t31-,32+/m1/s1. The number of halogens is 1. The van der Waals surface area contributed by atoms with Gasteiger partial charge < -0.3 is 19.5 Å². The van der Waals surface area contributed by atoms with E-state index in [9.17, 15) is 0 Å². The summed E-state index contributed by atoms with van der Waals surface area (Å²) in [5, 5.41) is 4.25. The second-order valence-corrected chi connectivity index (χ2v) is 11.2. The Kier molecular flexibility index (Phi) is 7.17. The summed E-state index contributed by atoms with van der Waals surface area (Å²) >= 11 is 9.72. The first-order valence-electron chi connectivity index (χ1n) is 13.2. The molecule has 2 aromatic heterocycles. The number of anilines is 1. The Bertz CT molecular complexity index is 1680. The zero-order valence-corrected chi connectivity index (χ0v) is 24.9. The van der Waals surface area contributed by atoms with Gasteiger partial charge in [0.15, 0.2) is 5.11 Å².